The third-order valence-corrected chi connectivity index (χ3v) is 6.30. The number of nitrogens with one attached hydrogen (secondary N) is 1. The van der Waals surface area contributed by atoms with Crippen molar-refractivity contribution in [1.29, 1.82) is 0 Å². The van der Waals surface area contributed by atoms with Gasteiger partial charge in [-0.2, -0.15) is 0 Å². The molecule has 3 rings (SSSR count). The largest absolute Gasteiger partial charge is 0.311 e. The van der Waals surface area contributed by atoms with Gasteiger partial charge in [-0.05, 0) is 38.0 Å². The third kappa shape index (κ3) is 3.64. The van der Waals surface area contributed by atoms with E-state index < -0.39 is 0 Å². The quantitative estimate of drug-likeness (QED) is 0.778. The minimum atomic E-state index is 0.530. The molecule has 0 aromatic carbocycles. The number of nitrogens with zero attached hydrogens (tertiary/aromatic N) is 1. The molecule has 0 aromatic heterocycles. The maximum atomic E-state index is 3.93. The van der Waals surface area contributed by atoms with E-state index in [2.05, 4.69) is 24.1 Å². The van der Waals surface area contributed by atoms with Gasteiger partial charge in [0, 0.05) is 30.7 Å². The lowest BCUT2D eigenvalue weighted by Gasteiger charge is -2.52. The maximum absolute atomic E-state index is 3.93. The Kier molecular flexibility index (Phi) is 5.27. The van der Waals surface area contributed by atoms with Crippen LogP contribution in [0, 0.1) is 5.92 Å². The second-order valence-corrected chi connectivity index (χ2v) is 8.44. The molecule has 0 bridgehead atoms. The van der Waals surface area contributed by atoms with Gasteiger partial charge in [0.1, 0.15) is 0 Å². The van der Waals surface area contributed by atoms with Crippen molar-refractivity contribution in [3.8, 4) is 0 Å². The molecule has 1 heterocycles. The summed E-state index contributed by atoms with van der Waals surface area (Å²) >= 11 is 0. The first-order valence-electron chi connectivity index (χ1n) is 9.70. The monoisotopic (exact) mass is 292 g/mol. The Bertz CT molecular complexity index is 312. The number of hydrogen-bond donors (Lipinski definition) is 1. The maximum Gasteiger partial charge on any atom is 0.0337 e. The number of hydrogen-bond acceptors (Lipinski definition) is 2. The molecule has 1 saturated heterocycles. The Hall–Kier alpha value is -0.0800. The molecular formula is C19H36N2. The highest BCUT2D eigenvalue weighted by atomic mass is 15.3. The normalized spacial score (nSPS) is 31.9. The molecule has 122 valence electrons. The van der Waals surface area contributed by atoms with Gasteiger partial charge < -0.3 is 5.32 Å². The van der Waals surface area contributed by atoms with Crippen LogP contribution in [0.15, 0.2) is 0 Å². The van der Waals surface area contributed by atoms with Crippen molar-refractivity contribution in [2.75, 3.05) is 13.1 Å². The lowest BCUT2D eigenvalue weighted by Crippen LogP contribution is -2.66. The van der Waals surface area contributed by atoms with Crippen LogP contribution in [0.5, 0.6) is 0 Å². The van der Waals surface area contributed by atoms with E-state index in [9.17, 15) is 0 Å². The van der Waals surface area contributed by atoms with Crippen molar-refractivity contribution in [1.82, 2.24) is 10.2 Å². The van der Waals surface area contributed by atoms with Crippen LogP contribution in [-0.2, 0) is 0 Å². The van der Waals surface area contributed by atoms with Crippen LogP contribution in [0.4, 0.5) is 0 Å². The van der Waals surface area contributed by atoms with Gasteiger partial charge in [-0.25, -0.2) is 0 Å². The summed E-state index contributed by atoms with van der Waals surface area (Å²) in [6, 6.07) is 1.63. The van der Waals surface area contributed by atoms with E-state index in [1.807, 2.05) is 0 Å². The summed E-state index contributed by atoms with van der Waals surface area (Å²) in [4.78, 5) is 3.02. The molecule has 1 atom stereocenters. The van der Waals surface area contributed by atoms with Crippen LogP contribution >= 0.6 is 0 Å². The van der Waals surface area contributed by atoms with Crippen molar-refractivity contribution >= 4 is 0 Å². The number of piperazine rings is 1. The fraction of sp³-hybridized carbons (Fsp3) is 1.00. The van der Waals surface area contributed by atoms with Gasteiger partial charge >= 0.3 is 0 Å². The summed E-state index contributed by atoms with van der Waals surface area (Å²) in [6.07, 6.45) is 16.0. The minimum absolute atomic E-state index is 0.530. The summed E-state index contributed by atoms with van der Waals surface area (Å²) in [5.41, 5.74) is 0.530. The Morgan fingerprint density at radius 1 is 1.00 bits per heavy atom. The first-order valence-corrected chi connectivity index (χ1v) is 9.70. The molecule has 1 aliphatic heterocycles. The third-order valence-electron chi connectivity index (χ3n) is 6.30. The van der Waals surface area contributed by atoms with Gasteiger partial charge in [0.2, 0.25) is 0 Å². The molecule has 0 radical (unpaired) electrons. The fourth-order valence-corrected chi connectivity index (χ4v) is 5.26. The van der Waals surface area contributed by atoms with Crippen molar-refractivity contribution in [3.05, 3.63) is 0 Å². The Morgan fingerprint density at radius 3 is 2.29 bits per heavy atom. The molecule has 2 heteroatoms. The number of rotatable bonds is 3. The highest BCUT2D eigenvalue weighted by Gasteiger charge is 2.45. The summed E-state index contributed by atoms with van der Waals surface area (Å²) in [5, 5.41) is 3.93. The van der Waals surface area contributed by atoms with Crippen LogP contribution in [0.1, 0.15) is 84.5 Å². The van der Waals surface area contributed by atoms with E-state index in [1.165, 1.54) is 83.7 Å². The Labute approximate surface area is 132 Å². The summed E-state index contributed by atoms with van der Waals surface area (Å²) in [7, 11) is 0. The molecule has 1 N–H and O–H groups in total. The predicted octanol–water partition coefficient (Wildman–Crippen LogP) is 4.34. The first-order chi connectivity index (χ1) is 10.2. The van der Waals surface area contributed by atoms with Crippen LogP contribution in [0.2, 0.25) is 0 Å². The zero-order chi connectivity index (χ0) is 14.7. The molecule has 2 aliphatic carbocycles. The first kappa shape index (κ1) is 15.8. The molecule has 3 fully saturated rings. The smallest absolute Gasteiger partial charge is 0.0337 e. The van der Waals surface area contributed by atoms with Crippen molar-refractivity contribution < 1.29 is 0 Å². The highest BCUT2D eigenvalue weighted by Crippen LogP contribution is 2.40. The van der Waals surface area contributed by atoms with E-state index in [0.717, 1.165) is 18.0 Å². The molecule has 2 saturated carbocycles. The highest BCUT2D eigenvalue weighted by molar-refractivity contribution is 5.04. The average molecular weight is 293 g/mol. The molecular weight excluding hydrogens is 256 g/mol. The zero-order valence-electron chi connectivity index (χ0n) is 14.4. The second kappa shape index (κ2) is 7.00. The minimum Gasteiger partial charge on any atom is -0.311 e. The van der Waals surface area contributed by atoms with Gasteiger partial charge in [0.05, 0.1) is 0 Å². The lowest BCUT2D eigenvalue weighted by atomic mass is 9.86. The Morgan fingerprint density at radius 2 is 1.67 bits per heavy atom. The predicted molar refractivity (Wildman–Crippen MR) is 90.6 cm³/mol. The van der Waals surface area contributed by atoms with Crippen LogP contribution in [0.3, 0.4) is 0 Å². The average Bonchev–Trinajstić information content (AvgIpc) is 2.75. The topological polar surface area (TPSA) is 15.3 Å². The molecule has 2 nitrogen and oxygen atoms in total. The Balaban J connectivity index is 1.72. The summed E-state index contributed by atoms with van der Waals surface area (Å²) in [5.74, 6) is 0.816. The molecule has 1 unspecified atom stereocenters. The molecule has 0 aromatic rings. The lowest BCUT2D eigenvalue weighted by molar-refractivity contribution is -0.00369. The molecule has 1 spiro atoms. The van der Waals surface area contributed by atoms with E-state index in [0.29, 0.717) is 5.54 Å². The second-order valence-electron chi connectivity index (χ2n) is 8.44. The van der Waals surface area contributed by atoms with Crippen LogP contribution in [-0.4, -0.2) is 35.6 Å². The standard InChI is InChI=1S/C19H36N2/c1-16(2)13-17-14-21(18-9-5-3-4-6-10-18)19(15-20-17)11-7-8-12-19/h16-18,20H,3-15H2,1-2H3. The summed E-state index contributed by atoms with van der Waals surface area (Å²) in [6.45, 7) is 7.33. The van der Waals surface area contributed by atoms with Gasteiger partial charge in [-0.3, -0.25) is 4.90 Å². The van der Waals surface area contributed by atoms with Gasteiger partial charge in [0.25, 0.3) is 0 Å². The van der Waals surface area contributed by atoms with Crippen molar-refractivity contribution in [2.24, 2.45) is 5.92 Å². The van der Waals surface area contributed by atoms with E-state index in [4.69, 9.17) is 0 Å². The SMILES string of the molecule is CC(C)CC1CN(C2CCCCCC2)C2(CCCC2)CN1. The van der Waals surface area contributed by atoms with Crippen LogP contribution in [0.25, 0.3) is 0 Å². The van der Waals surface area contributed by atoms with Gasteiger partial charge in [0.15, 0.2) is 0 Å². The molecule has 21 heavy (non-hydrogen) atoms. The van der Waals surface area contributed by atoms with Crippen molar-refractivity contribution in [3.63, 3.8) is 0 Å². The van der Waals surface area contributed by atoms with E-state index >= 15 is 0 Å². The fourth-order valence-electron chi connectivity index (χ4n) is 5.26. The van der Waals surface area contributed by atoms with E-state index in [1.54, 1.807) is 0 Å². The molecule has 3 aliphatic rings. The summed E-state index contributed by atoms with van der Waals surface area (Å²) < 4.78 is 0. The van der Waals surface area contributed by atoms with Gasteiger partial charge in [-0.15, -0.1) is 0 Å². The van der Waals surface area contributed by atoms with Crippen LogP contribution < -0.4 is 5.32 Å². The zero-order valence-corrected chi connectivity index (χ0v) is 14.4. The molecule has 0 amide bonds. The van der Waals surface area contributed by atoms with Gasteiger partial charge in [-0.1, -0.05) is 52.4 Å². The van der Waals surface area contributed by atoms with E-state index in [-0.39, 0.29) is 0 Å². The van der Waals surface area contributed by atoms with Crippen molar-refractivity contribution in [2.45, 2.75) is 102 Å².